The summed E-state index contributed by atoms with van der Waals surface area (Å²) in [6, 6.07) is 19.4. The van der Waals surface area contributed by atoms with E-state index in [9.17, 15) is 19.2 Å². The van der Waals surface area contributed by atoms with Gasteiger partial charge in [-0.2, -0.15) is 0 Å². The highest BCUT2D eigenvalue weighted by molar-refractivity contribution is 5.91. The molecule has 0 unspecified atom stereocenters. The second-order valence-electron chi connectivity index (χ2n) is 17.4. The van der Waals surface area contributed by atoms with Crippen molar-refractivity contribution in [1.29, 1.82) is 0 Å². The van der Waals surface area contributed by atoms with Gasteiger partial charge >= 0.3 is 12.2 Å². The van der Waals surface area contributed by atoms with Crippen molar-refractivity contribution in [1.82, 2.24) is 40.4 Å². The number of imidazole rings is 2. The standard InChI is InChI=1S/C47H54N8O6/c1-7-36(52-45(58)60-5)43(56)55-35-17-16-34(22-35)41(55)42-49-24-37(51-42)29-10-8-28(9-11-29)30-12-13-32-21-33(15-14-31(32)20-30)38-23-48-39(50-38)25-54(26-47(4)18-19-47)44(57)40(27(2)3)53-46(59)61-6/h7-15,20-21,23-24,27,34-36,40-41H,1,16-19,22,25-26H2,2-6H3,(H,48,50)(H,49,51)(H,52,58)(H,53,59)/t34-,35+,36-,40-,41-/m0/s1. The Morgan fingerprint density at radius 3 is 2.16 bits per heavy atom. The molecule has 5 aromatic rings. The fourth-order valence-corrected chi connectivity index (χ4v) is 9.00. The first kappa shape index (κ1) is 41.3. The third kappa shape index (κ3) is 8.61. The highest BCUT2D eigenvalue weighted by Gasteiger charge is 2.51. The molecular weight excluding hydrogens is 773 g/mol. The number of hydrogen-bond donors (Lipinski definition) is 4. The molecule has 2 aliphatic carbocycles. The zero-order valence-corrected chi connectivity index (χ0v) is 35.4. The number of aromatic amines is 2. The second kappa shape index (κ2) is 16.9. The molecule has 0 radical (unpaired) electrons. The van der Waals surface area contributed by atoms with Crippen LogP contribution in [-0.4, -0.2) is 92.6 Å². The molecule has 1 aliphatic heterocycles. The molecule has 3 heterocycles. The second-order valence-corrected chi connectivity index (χ2v) is 17.4. The van der Waals surface area contributed by atoms with Crippen LogP contribution in [-0.2, 0) is 25.6 Å². The molecule has 14 nitrogen and oxygen atoms in total. The number of hydrogen-bond acceptors (Lipinski definition) is 8. The Labute approximate surface area is 355 Å². The maximum absolute atomic E-state index is 13.8. The predicted octanol–water partition coefficient (Wildman–Crippen LogP) is 7.76. The minimum atomic E-state index is -0.886. The smallest absolute Gasteiger partial charge is 0.407 e. The Hall–Kier alpha value is -6.44. The number of piperidine rings is 1. The van der Waals surface area contributed by atoms with Crippen LogP contribution in [0.25, 0.3) is 44.4 Å². The number of aromatic nitrogens is 4. The zero-order chi connectivity index (χ0) is 43.0. The van der Waals surface area contributed by atoms with Crippen LogP contribution in [0.2, 0.25) is 0 Å². The molecule has 3 aromatic carbocycles. The van der Waals surface area contributed by atoms with Crippen molar-refractivity contribution >= 4 is 34.8 Å². The van der Waals surface area contributed by atoms with E-state index in [4.69, 9.17) is 14.5 Å². The van der Waals surface area contributed by atoms with Gasteiger partial charge in [-0.25, -0.2) is 19.6 Å². The summed E-state index contributed by atoms with van der Waals surface area (Å²) in [6.07, 6.45) is 8.72. The van der Waals surface area contributed by atoms with E-state index in [0.29, 0.717) is 18.9 Å². The maximum Gasteiger partial charge on any atom is 0.407 e. The fourth-order valence-electron chi connectivity index (χ4n) is 9.00. The summed E-state index contributed by atoms with van der Waals surface area (Å²) in [5.74, 6) is 1.22. The van der Waals surface area contributed by atoms with Crippen molar-refractivity contribution in [2.45, 2.75) is 83.6 Å². The van der Waals surface area contributed by atoms with Crippen molar-refractivity contribution in [2.75, 3.05) is 20.8 Å². The monoisotopic (exact) mass is 826 g/mol. The van der Waals surface area contributed by atoms with Crippen molar-refractivity contribution in [2.24, 2.45) is 17.3 Å². The summed E-state index contributed by atoms with van der Waals surface area (Å²) in [4.78, 5) is 71.6. The van der Waals surface area contributed by atoms with Gasteiger partial charge in [0, 0.05) is 18.2 Å². The molecule has 2 bridgehead atoms. The first-order chi connectivity index (χ1) is 29.4. The summed E-state index contributed by atoms with van der Waals surface area (Å²) >= 11 is 0. The van der Waals surface area contributed by atoms with Gasteiger partial charge in [-0.15, -0.1) is 6.58 Å². The Bertz CT molecular complexity index is 2450. The van der Waals surface area contributed by atoms with Gasteiger partial charge in [-0.1, -0.05) is 75.4 Å². The number of fused-ring (bicyclic) bond motifs is 3. The van der Waals surface area contributed by atoms with Crippen LogP contribution in [0, 0.1) is 17.3 Å². The van der Waals surface area contributed by atoms with Gasteiger partial charge in [0.1, 0.15) is 23.7 Å². The Balaban J connectivity index is 0.949. The number of ether oxygens (including phenoxy) is 2. The van der Waals surface area contributed by atoms with Gasteiger partial charge in [-0.3, -0.25) is 9.59 Å². The topological polar surface area (TPSA) is 175 Å². The van der Waals surface area contributed by atoms with Crippen LogP contribution in [0.4, 0.5) is 9.59 Å². The highest BCUT2D eigenvalue weighted by Crippen LogP contribution is 2.50. The lowest BCUT2D eigenvalue weighted by atomic mass is 9.97. The number of rotatable bonds is 14. The van der Waals surface area contributed by atoms with Crippen molar-refractivity contribution in [3.63, 3.8) is 0 Å². The fraction of sp³-hybridized carbons (Fsp3) is 0.404. The van der Waals surface area contributed by atoms with Gasteiger partial charge in [-0.05, 0) is 89.0 Å². The first-order valence-electron chi connectivity index (χ1n) is 21.0. The molecule has 4 amide bonds. The molecule has 0 spiro atoms. The lowest BCUT2D eigenvalue weighted by Gasteiger charge is -2.36. The molecule has 2 saturated carbocycles. The van der Waals surface area contributed by atoms with E-state index in [0.717, 1.165) is 82.3 Å². The van der Waals surface area contributed by atoms with E-state index >= 15 is 0 Å². The average molecular weight is 827 g/mol. The molecule has 318 valence electrons. The van der Waals surface area contributed by atoms with Gasteiger partial charge < -0.3 is 39.9 Å². The van der Waals surface area contributed by atoms with Crippen LogP contribution < -0.4 is 10.6 Å². The minimum absolute atomic E-state index is 0.0622. The summed E-state index contributed by atoms with van der Waals surface area (Å²) in [5, 5.41) is 7.50. The molecule has 3 fully saturated rings. The third-order valence-electron chi connectivity index (χ3n) is 12.7. The lowest BCUT2D eigenvalue weighted by molar-refractivity contribution is -0.137. The molecule has 1 saturated heterocycles. The highest BCUT2D eigenvalue weighted by atomic mass is 16.5. The zero-order valence-electron chi connectivity index (χ0n) is 35.4. The summed E-state index contributed by atoms with van der Waals surface area (Å²) in [7, 11) is 2.57. The van der Waals surface area contributed by atoms with Crippen LogP contribution in [0.3, 0.4) is 0 Å². The maximum atomic E-state index is 13.8. The number of likely N-dealkylation sites (tertiary alicyclic amines) is 1. The van der Waals surface area contributed by atoms with Crippen LogP contribution in [0.5, 0.6) is 0 Å². The SMILES string of the molecule is C=C[C@H](NC(=O)OC)C(=O)N1[C@@H]2CC[C@@H](C2)[C@H]1c1ncc(-c2ccc(-c3ccc4cc(-c5cnc(CN(CC6(C)CC6)C(=O)[C@@H](NC(=O)OC)C(C)C)[nH]5)ccc4c3)cc2)[nH]1. The number of H-pyrrole nitrogens is 2. The van der Waals surface area contributed by atoms with Crippen molar-refractivity contribution in [3.8, 4) is 33.6 Å². The quantitative estimate of drug-likeness (QED) is 0.0822. The summed E-state index contributed by atoms with van der Waals surface area (Å²) < 4.78 is 9.54. The largest absolute Gasteiger partial charge is 0.453 e. The Kier molecular flexibility index (Phi) is 11.4. The molecule has 14 heteroatoms. The lowest BCUT2D eigenvalue weighted by Crippen LogP contribution is -2.52. The van der Waals surface area contributed by atoms with Gasteiger partial charge in [0.2, 0.25) is 11.8 Å². The van der Waals surface area contributed by atoms with Gasteiger partial charge in [0.25, 0.3) is 0 Å². The normalized spacial score (nSPS) is 19.6. The number of carbonyl (C=O) groups excluding carboxylic acids is 4. The molecule has 2 aromatic heterocycles. The number of benzene rings is 3. The third-order valence-corrected chi connectivity index (χ3v) is 12.7. The molecular formula is C47H54N8O6. The van der Waals surface area contributed by atoms with E-state index in [1.54, 1.807) is 6.20 Å². The van der Waals surface area contributed by atoms with Crippen LogP contribution in [0.15, 0.2) is 85.7 Å². The molecule has 61 heavy (non-hydrogen) atoms. The van der Waals surface area contributed by atoms with E-state index in [-0.39, 0.29) is 41.1 Å². The number of alkyl carbamates (subject to hydrolysis) is 2. The number of nitrogens with one attached hydrogen (secondary N) is 4. The predicted molar refractivity (Wildman–Crippen MR) is 232 cm³/mol. The molecule has 5 atom stereocenters. The van der Waals surface area contributed by atoms with E-state index in [1.165, 1.54) is 20.3 Å². The Morgan fingerprint density at radius 1 is 0.869 bits per heavy atom. The number of nitrogens with zero attached hydrogens (tertiary/aromatic N) is 4. The van der Waals surface area contributed by atoms with Gasteiger partial charge in [0.05, 0.1) is 50.6 Å². The molecule has 8 rings (SSSR count). The summed E-state index contributed by atoms with van der Waals surface area (Å²) in [5.41, 5.74) is 5.91. The molecule has 3 aliphatic rings. The van der Waals surface area contributed by atoms with Crippen LogP contribution in [0.1, 0.15) is 70.6 Å². The average Bonchev–Trinajstić information content (AvgIpc) is 3.82. The van der Waals surface area contributed by atoms with Crippen molar-refractivity contribution in [3.05, 3.63) is 97.4 Å². The van der Waals surface area contributed by atoms with E-state index in [2.05, 4.69) is 99.8 Å². The van der Waals surface area contributed by atoms with Gasteiger partial charge in [0.15, 0.2) is 0 Å². The van der Waals surface area contributed by atoms with Crippen molar-refractivity contribution < 1.29 is 28.7 Å². The minimum Gasteiger partial charge on any atom is -0.453 e. The van der Waals surface area contributed by atoms with Crippen LogP contribution >= 0.6 is 0 Å². The molecule has 4 N–H and O–H groups in total. The number of carbonyl (C=O) groups is 4. The van der Waals surface area contributed by atoms with E-state index in [1.807, 2.05) is 29.8 Å². The number of methoxy groups -OCH3 is 2. The number of amides is 4. The summed E-state index contributed by atoms with van der Waals surface area (Å²) in [6.45, 7) is 10.7. The van der Waals surface area contributed by atoms with E-state index < -0.39 is 24.3 Å². The Morgan fingerprint density at radius 2 is 1.49 bits per heavy atom. The first-order valence-corrected chi connectivity index (χ1v) is 21.0.